The Morgan fingerprint density at radius 3 is 2.67 bits per heavy atom. The number of hydrogen-bond donors (Lipinski definition) is 1. The summed E-state index contributed by atoms with van der Waals surface area (Å²) in [6.07, 6.45) is 1.96. The Kier molecular flexibility index (Phi) is 8.31. The van der Waals surface area contributed by atoms with Gasteiger partial charge in [-0.3, -0.25) is 0 Å². The molecule has 0 aliphatic rings. The van der Waals surface area contributed by atoms with Gasteiger partial charge >= 0.3 is 0 Å². The van der Waals surface area contributed by atoms with Gasteiger partial charge in [-0.15, -0.1) is 0 Å². The third kappa shape index (κ3) is 8.02. The topological polar surface area (TPSA) is 37.4 Å². The number of aryl methyl sites for hydroxylation is 1. The van der Waals surface area contributed by atoms with Gasteiger partial charge in [0.1, 0.15) is 0 Å². The molecule has 0 fully saturated rings. The van der Waals surface area contributed by atoms with Gasteiger partial charge in [0.2, 0.25) is 5.88 Å². The first-order valence-corrected chi connectivity index (χ1v) is 7.99. The molecule has 21 heavy (non-hydrogen) atoms. The van der Waals surface area contributed by atoms with E-state index in [0.29, 0.717) is 5.92 Å². The summed E-state index contributed by atoms with van der Waals surface area (Å²) in [5, 5.41) is 3.47. The Bertz CT molecular complexity index is 405. The maximum atomic E-state index is 5.80. The highest BCUT2D eigenvalue weighted by molar-refractivity contribution is 5.25. The number of ether oxygens (including phenoxy) is 1. The van der Waals surface area contributed by atoms with Crippen LogP contribution < -0.4 is 10.1 Å². The van der Waals surface area contributed by atoms with E-state index in [1.54, 1.807) is 0 Å². The maximum absolute atomic E-state index is 5.80. The van der Waals surface area contributed by atoms with Crippen LogP contribution in [0.4, 0.5) is 0 Å². The molecular weight excluding hydrogens is 262 g/mol. The minimum atomic E-state index is 0.666. The largest absolute Gasteiger partial charge is 0.478 e. The van der Waals surface area contributed by atoms with Crippen molar-refractivity contribution >= 4 is 0 Å². The van der Waals surface area contributed by atoms with Crippen LogP contribution in [0.5, 0.6) is 5.88 Å². The molecular formula is C17H31N3O. The van der Waals surface area contributed by atoms with Crippen molar-refractivity contribution in [3.05, 3.63) is 23.4 Å². The van der Waals surface area contributed by atoms with Gasteiger partial charge in [0.25, 0.3) is 0 Å². The first-order chi connectivity index (χ1) is 10.0. The maximum Gasteiger partial charge on any atom is 0.213 e. The molecule has 0 unspecified atom stereocenters. The van der Waals surface area contributed by atoms with Crippen molar-refractivity contribution in [1.82, 2.24) is 15.2 Å². The number of nitrogens with one attached hydrogen (secondary N) is 1. The molecule has 0 atom stereocenters. The molecule has 0 bridgehead atoms. The summed E-state index contributed by atoms with van der Waals surface area (Å²) >= 11 is 0. The highest BCUT2D eigenvalue weighted by Crippen LogP contribution is 2.14. The average molecular weight is 293 g/mol. The lowest BCUT2D eigenvalue weighted by Gasteiger charge is -2.12. The van der Waals surface area contributed by atoms with Crippen molar-refractivity contribution in [3.63, 3.8) is 0 Å². The lowest BCUT2D eigenvalue weighted by Crippen LogP contribution is -2.19. The van der Waals surface area contributed by atoms with Gasteiger partial charge in [-0.25, -0.2) is 4.98 Å². The molecule has 120 valence electrons. The summed E-state index contributed by atoms with van der Waals surface area (Å²) in [7, 11) is 4.16. The highest BCUT2D eigenvalue weighted by atomic mass is 16.5. The van der Waals surface area contributed by atoms with Crippen LogP contribution in [0.2, 0.25) is 0 Å². The molecule has 1 aromatic rings. The molecule has 1 rings (SSSR count). The summed E-state index contributed by atoms with van der Waals surface area (Å²) in [5.74, 6) is 1.42. The number of aromatic nitrogens is 1. The van der Waals surface area contributed by atoms with Crippen LogP contribution in [0, 0.1) is 5.92 Å². The van der Waals surface area contributed by atoms with E-state index in [9.17, 15) is 0 Å². The van der Waals surface area contributed by atoms with Crippen molar-refractivity contribution in [2.75, 3.05) is 33.8 Å². The molecule has 0 aliphatic carbocycles. The predicted octanol–water partition coefficient (Wildman–Crippen LogP) is 2.72. The summed E-state index contributed by atoms with van der Waals surface area (Å²) in [5.41, 5.74) is 2.35. The third-order valence-electron chi connectivity index (χ3n) is 3.16. The van der Waals surface area contributed by atoms with Crippen molar-refractivity contribution in [3.8, 4) is 5.88 Å². The summed E-state index contributed by atoms with van der Waals surface area (Å²) < 4.78 is 5.80. The quantitative estimate of drug-likeness (QED) is 0.673. The molecule has 0 amide bonds. The van der Waals surface area contributed by atoms with Crippen LogP contribution in [-0.4, -0.2) is 43.7 Å². The number of pyridine rings is 1. The van der Waals surface area contributed by atoms with Gasteiger partial charge in [0.15, 0.2) is 0 Å². The van der Waals surface area contributed by atoms with Gasteiger partial charge in [-0.2, -0.15) is 0 Å². The fraction of sp³-hybridized carbons (Fsp3) is 0.706. The molecule has 0 aliphatic heterocycles. The molecule has 4 heteroatoms. The molecule has 0 spiro atoms. The standard InChI is InChI=1S/C17H31N3O/c1-6-16-10-15(13-18-12-14(2)3)11-17(19-16)21-9-7-8-20(4)5/h10-11,14,18H,6-9,12-13H2,1-5H3. The van der Waals surface area contributed by atoms with Crippen LogP contribution in [0.1, 0.15) is 38.4 Å². The zero-order valence-electron chi connectivity index (χ0n) is 14.3. The Morgan fingerprint density at radius 1 is 1.29 bits per heavy atom. The fourth-order valence-corrected chi connectivity index (χ4v) is 2.04. The number of nitrogens with zero attached hydrogens (tertiary/aromatic N) is 2. The predicted molar refractivity (Wildman–Crippen MR) is 88.8 cm³/mol. The number of rotatable bonds is 10. The molecule has 1 heterocycles. The Morgan fingerprint density at radius 2 is 2.05 bits per heavy atom. The second-order valence-electron chi connectivity index (χ2n) is 6.19. The van der Waals surface area contributed by atoms with Gasteiger partial charge < -0.3 is 15.0 Å². The normalized spacial score (nSPS) is 11.4. The summed E-state index contributed by atoms with van der Waals surface area (Å²) in [6, 6.07) is 4.22. The van der Waals surface area contributed by atoms with Crippen LogP contribution in [0.25, 0.3) is 0 Å². The Hall–Kier alpha value is -1.13. The van der Waals surface area contributed by atoms with E-state index in [1.165, 1.54) is 5.56 Å². The van der Waals surface area contributed by atoms with Crippen LogP contribution in [0.3, 0.4) is 0 Å². The van der Waals surface area contributed by atoms with E-state index in [1.807, 2.05) is 0 Å². The van der Waals surface area contributed by atoms with E-state index in [-0.39, 0.29) is 0 Å². The summed E-state index contributed by atoms with van der Waals surface area (Å²) in [6.45, 7) is 10.2. The van der Waals surface area contributed by atoms with Gasteiger partial charge in [-0.1, -0.05) is 20.8 Å². The van der Waals surface area contributed by atoms with E-state index < -0.39 is 0 Å². The fourth-order valence-electron chi connectivity index (χ4n) is 2.04. The summed E-state index contributed by atoms with van der Waals surface area (Å²) in [4.78, 5) is 6.72. The smallest absolute Gasteiger partial charge is 0.213 e. The molecule has 1 N–H and O–H groups in total. The van der Waals surface area contributed by atoms with Crippen molar-refractivity contribution in [1.29, 1.82) is 0 Å². The van der Waals surface area contributed by atoms with Gasteiger partial charge in [0.05, 0.1) is 6.61 Å². The first kappa shape index (κ1) is 17.9. The zero-order valence-corrected chi connectivity index (χ0v) is 14.3. The monoisotopic (exact) mass is 293 g/mol. The Labute approximate surface area is 129 Å². The van der Waals surface area contributed by atoms with E-state index in [0.717, 1.165) is 50.7 Å². The first-order valence-electron chi connectivity index (χ1n) is 7.99. The second kappa shape index (κ2) is 9.74. The minimum absolute atomic E-state index is 0.666. The van der Waals surface area contributed by atoms with Crippen molar-refractivity contribution in [2.24, 2.45) is 5.92 Å². The minimum Gasteiger partial charge on any atom is -0.478 e. The van der Waals surface area contributed by atoms with E-state index >= 15 is 0 Å². The lowest BCUT2D eigenvalue weighted by molar-refractivity contribution is 0.272. The second-order valence-corrected chi connectivity index (χ2v) is 6.19. The molecule has 0 radical (unpaired) electrons. The molecule has 0 aromatic carbocycles. The Balaban J connectivity index is 2.53. The highest BCUT2D eigenvalue weighted by Gasteiger charge is 2.04. The van der Waals surface area contributed by atoms with Crippen molar-refractivity contribution in [2.45, 2.75) is 40.2 Å². The zero-order chi connectivity index (χ0) is 15.7. The van der Waals surface area contributed by atoms with Crippen molar-refractivity contribution < 1.29 is 4.74 Å². The molecule has 0 saturated carbocycles. The average Bonchev–Trinajstić information content (AvgIpc) is 2.43. The SMILES string of the molecule is CCc1cc(CNCC(C)C)cc(OCCCN(C)C)n1. The number of hydrogen-bond acceptors (Lipinski definition) is 4. The lowest BCUT2D eigenvalue weighted by atomic mass is 10.2. The molecule has 4 nitrogen and oxygen atoms in total. The van der Waals surface area contributed by atoms with Crippen LogP contribution in [-0.2, 0) is 13.0 Å². The van der Waals surface area contributed by atoms with E-state index in [2.05, 4.69) is 62.2 Å². The van der Waals surface area contributed by atoms with E-state index in [4.69, 9.17) is 4.74 Å². The molecule has 0 saturated heterocycles. The van der Waals surface area contributed by atoms with Gasteiger partial charge in [-0.05, 0) is 51.0 Å². The molecule has 1 aromatic heterocycles. The van der Waals surface area contributed by atoms with Crippen LogP contribution >= 0.6 is 0 Å². The third-order valence-corrected chi connectivity index (χ3v) is 3.16. The van der Waals surface area contributed by atoms with Crippen LogP contribution in [0.15, 0.2) is 12.1 Å². The van der Waals surface area contributed by atoms with Gasteiger partial charge in [0, 0.05) is 24.8 Å².